The van der Waals surface area contributed by atoms with Crippen LogP contribution in [0, 0.1) is 0 Å². The Bertz CT molecular complexity index is 3200. The lowest BCUT2D eigenvalue weighted by Crippen LogP contribution is -2.66. The van der Waals surface area contributed by atoms with Crippen molar-refractivity contribution in [2.75, 3.05) is 52.3 Å². The molecule has 0 radical (unpaired) electrons. The molecular formula is C73H95N4O13PSi. The summed E-state index contributed by atoms with van der Waals surface area (Å²) >= 11 is 0. The van der Waals surface area contributed by atoms with E-state index >= 15 is 0 Å². The molecule has 494 valence electrons. The molecule has 17 nitrogen and oxygen atoms in total. The summed E-state index contributed by atoms with van der Waals surface area (Å²) < 4.78 is 31.5. The van der Waals surface area contributed by atoms with Crippen molar-refractivity contribution in [3.05, 3.63) is 193 Å². The minimum absolute atomic E-state index is 0.0949. The minimum atomic E-state index is -2.67. The highest BCUT2D eigenvalue weighted by Crippen LogP contribution is 2.47. The predicted octanol–water partition coefficient (Wildman–Crippen LogP) is 12.1. The molecule has 0 saturated heterocycles. The van der Waals surface area contributed by atoms with Crippen molar-refractivity contribution in [2.24, 2.45) is 0 Å². The number of esters is 1. The quantitative estimate of drug-likeness (QED) is 0.00670. The third-order valence-corrected chi connectivity index (χ3v) is 23.2. The third kappa shape index (κ3) is 20.2. The van der Waals surface area contributed by atoms with Crippen molar-refractivity contribution in [1.29, 1.82) is 0 Å². The van der Waals surface area contributed by atoms with Crippen LogP contribution in [0.4, 0.5) is 9.59 Å². The van der Waals surface area contributed by atoms with E-state index in [9.17, 15) is 29.1 Å². The Balaban J connectivity index is 0.000000242. The van der Waals surface area contributed by atoms with Gasteiger partial charge in [-0.2, -0.15) is 0 Å². The number of rotatable bonds is 28. The van der Waals surface area contributed by atoms with Gasteiger partial charge >= 0.3 is 24.1 Å². The van der Waals surface area contributed by atoms with Gasteiger partial charge in [0.15, 0.2) is 6.04 Å². The number of carbonyl (C=O) groups excluding carboxylic acids is 4. The normalized spacial score (nSPS) is 13.6. The van der Waals surface area contributed by atoms with E-state index in [1.165, 1.54) is 10.4 Å². The lowest BCUT2D eigenvalue weighted by Gasteiger charge is -2.43. The van der Waals surface area contributed by atoms with Gasteiger partial charge in [0.1, 0.15) is 33.2 Å². The van der Waals surface area contributed by atoms with Crippen LogP contribution >= 0.6 is 8.30 Å². The molecule has 6 aromatic carbocycles. The summed E-state index contributed by atoms with van der Waals surface area (Å²) in [5.74, 6) is -2.13. The second-order valence-electron chi connectivity index (χ2n) is 25.1. The molecule has 8 rings (SSSR count). The molecule has 0 aromatic heterocycles. The van der Waals surface area contributed by atoms with Gasteiger partial charge in [-0.05, 0) is 128 Å². The highest BCUT2D eigenvalue weighted by Gasteiger charge is 2.50. The van der Waals surface area contributed by atoms with Crippen LogP contribution in [0.5, 0.6) is 0 Å². The molecule has 92 heavy (non-hydrogen) atoms. The topological polar surface area (TPSA) is 232 Å². The number of hydrogen-bond acceptors (Lipinski definition) is 13. The Hall–Kier alpha value is -7.54. The molecule has 19 heteroatoms. The van der Waals surface area contributed by atoms with Gasteiger partial charge in [0.25, 0.3) is 8.32 Å². The molecular weight excluding hydrogens is 1200 g/mol. The van der Waals surface area contributed by atoms with Crippen molar-refractivity contribution in [1.82, 2.24) is 20.6 Å². The maximum absolute atomic E-state index is 12.9. The maximum atomic E-state index is 12.9. The number of nitrogens with zero attached hydrogens (tertiary/aromatic N) is 1. The summed E-state index contributed by atoms with van der Waals surface area (Å²) in [6, 6.07) is 51.2. The van der Waals surface area contributed by atoms with E-state index in [0.29, 0.717) is 51.1 Å². The summed E-state index contributed by atoms with van der Waals surface area (Å²) in [4.78, 5) is 59.9. The first-order valence-electron chi connectivity index (χ1n) is 31.7. The van der Waals surface area contributed by atoms with Crippen LogP contribution in [0.1, 0.15) is 129 Å². The lowest BCUT2D eigenvalue weighted by atomic mass is 9.98. The van der Waals surface area contributed by atoms with Gasteiger partial charge in [-0.3, -0.25) is 14.3 Å². The number of aliphatic carboxylic acids is 1. The van der Waals surface area contributed by atoms with Crippen LogP contribution in [0.3, 0.4) is 0 Å². The number of carboxylic acids is 1. The van der Waals surface area contributed by atoms with Gasteiger partial charge in [-0.1, -0.05) is 185 Å². The molecule has 3 amide bonds. The SMILES string of the molecule is C=CCCP(OCCCC(=O)OC(C)(C)C)N(C(C)C)C(C)C.CC(C)(C)[Si](OCCCNC(=O)C(CO)NC(=O)OCC1c2ccccc2-c2ccccc21)(c1ccccc1)c1ccccc1.O=C(NC(CO)C(=O)O)OCC1c2ccccc2-c2ccccc21. The number of alkyl carbamates (subject to hydrolysis) is 2. The highest BCUT2D eigenvalue weighted by molar-refractivity contribution is 7.50. The van der Waals surface area contributed by atoms with Crippen LogP contribution in [0.25, 0.3) is 22.3 Å². The zero-order chi connectivity index (χ0) is 67.0. The van der Waals surface area contributed by atoms with Crippen molar-refractivity contribution in [2.45, 2.75) is 142 Å². The molecule has 0 aliphatic heterocycles. The molecule has 3 unspecified atom stereocenters. The minimum Gasteiger partial charge on any atom is -0.480 e. The van der Waals surface area contributed by atoms with E-state index in [0.717, 1.165) is 57.1 Å². The summed E-state index contributed by atoms with van der Waals surface area (Å²) in [5.41, 5.74) is 8.42. The van der Waals surface area contributed by atoms with Gasteiger partial charge in [-0.25, -0.2) is 14.4 Å². The molecule has 0 saturated carbocycles. The Kier molecular flexibility index (Phi) is 28.4. The number of carboxylic acid groups (broad SMARTS) is 1. The number of hydrogen-bond donors (Lipinski definition) is 6. The van der Waals surface area contributed by atoms with E-state index in [1.54, 1.807) is 0 Å². The molecule has 6 aromatic rings. The Morgan fingerprint density at radius 2 is 1.01 bits per heavy atom. The van der Waals surface area contributed by atoms with Crippen molar-refractivity contribution >= 4 is 57.0 Å². The second-order valence-corrected chi connectivity index (χ2v) is 31.3. The number of aliphatic hydroxyl groups is 2. The highest BCUT2D eigenvalue weighted by atomic mass is 31.2. The molecule has 2 aliphatic carbocycles. The van der Waals surface area contributed by atoms with Crippen LogP contribution in [-0.4, -0.2) is 140 Å². The van der Waals surface area contributed by atoms with E-state index in [-0.39, 0.29) is 36.1 Å². The molecule has 2 aliphatic rings. The smallest absolute Gasteiger partial charge is 0.407 e. The number of allylic oxidation sites excluding steroid dienone is 1. The van der Waals surface area contributed by atoms with Gasteiger partial charge in [0, 0.05) is 49.7 Å². The Morgan fingerprint density at radius 3 is 1.39 bits per heavy atom. The van der Waals surface area contributed by atoms with Crippen LogP contribution in [0.15, 0.2) is 170 Å². The van der Waals surface area contributed by atoms with Gasteiger partial charge in [0.05, 0.1) is 19.8 Å². The third-order valence-electron chi connectivity index (χ3n) is 15.6. The van der Waals surface area contributed by atoms with E-state index in [4.69, 9.17) is 33.4 Å². The molecule has 0 heterocycles. The fourth-order valence-corrected chi connectivity index (χ4v) is 18.5. The van der Waals surface area contributed by atoms with Gasteiger partial charge in [-0.15, -0.1) is 6.58 Å². The average molecular weight is 1300 g/mol. The number of carbonyl (C=O) groups is 5. The van der Waals surface area contributed by atoms with E-state index < -0.39 is 71.6 Å². The maximum Gasteiger partial charge on any atom is 0.407 e. The van der Waals surface area contributed by atoms with Gasteiger partial charge in [0.2, 0.25) is 5.91 Å². The van der Waals surface area contributed by atoms with Crippen LogP contribution in [-0.2, 0) is 37.5 Å². The molecule has 0 spiro atoms. The van der Waals surface area contributed by atoms with Gasteiger partial charge < -0.3 is 54.4 Å². The first-order chi connectivity index (χ1) is 44.0. The van der Waals surface area contributed by atoms with Crippen LogP contribution < -0.4 is 26.3 Å². The Morgan fingerprint density at radius 1 is 0.598 bits per heavy atom. The number of fused-ring (bicyclic) bond motifs is 6. The van der Waals surface area contributed by atoms with E-state index in [1.807, 2.05) is 148 Å². The number of ether oxygens (including phenoxy) is 3. The number of nitrogens with one attached hydrogen (secondary N) is 3. The second kappa shape index (κ2) is 35.5. The standard InChI is InChI=1S/C37H42N2O5Si.C18H17NO5.C18H36NO3P/c1-37(2,3)45(27-15-6-4-7-16-27,28-17-8-5-9-18-28)44-24-14-23-38-35(41)34(25-40)39-36(42)43-26-33-31-21-12-10-19-29(31)30-20-11-13-22-32(30)33;20-9-16(17(21)22)19-18(23)24-10-15-13-7-3-1-5-11(13)12-6-2-4-8-14(12)15;1-9-10-14-23(19(15(2)3)16(4)5)21-13-11-12-17(20)22-18(6,7)8/h4-13,15-22,33-34,40H,14,23-26H2,1-3H3,(H,38,41)(H,39,42);1-8,15-16,20H,9-10H2,(H,19,23)(H,21,22);9,15-16H,1,10-14H2,2-8H3. The van der Waals surface area contributed by atoms with Crippen molar-refractivity contribution in [3.63, 3.8) is 0 Å². The zero-order valence-electron chi connectivity index (χ0n) is 55.1. The van der Waals surface area contributed by atoms with Crippen molar-refractivity contribution < 1.29 is 62.5 Å². The summed E-state index contributed by atoms with van der Waals surface area (Å²) in [6.07, 6.45) is 3.95. The van der Waals surface area contributed by atoms with Crippen LogP contribution in [0.2, 0.25) is 5.04 Å². The zero-order valence-corrected chi connectivity index (χ0v) is 57.0. The number of benzene rings is 6. The summed E-state index contributed by atoms with van der Waals surface area (Å²) in [7, 11) is -3.32. The number of amides is 3. The fraction of sp³-hybridized carbons (Fsp3) is 0.411. The first-order valence-corrected chi connectivity index (χ1v) is 35.0. The monoisotopic (exact) mass is 1290 g/mol. The molecule has 0 fully saturated rings. The lowest BCUT2D eigenvalue weighted by molar-refractivity contribution is -0.155. The molecule has 3 atom stereocenters. The molecule has 6 N–H and O–H groups in total. The summed E-state index contributed by atoms with van der Waals surface area (Å²) in [6.45, 7) is 25.3. The largest absolute Gasteiger partial charge is 0.480 e. The summed E-state index contributed by atoms with van der Waals surface area (Å²) in [5, 5.41) is 37.4. The Labute approximate surface area is 546 Å². The fourth-order valence-electron chi connectivity index (χ4n) is 11.7. The van der Waals surface area contributed by atoms with E-state index in [2.05, 4.69) is 112 Å². The first kappa shape index (κ1) is 73.5. The molecule has 0 bridgehead atoms. The van der Waals surface area contributed by atoms with Crippen molar-refractivity contribution in [3.8, 4) is 22.3 Å². The average Bonchev–Trinajstić information content (AvgIpc) is 0.798. The predicted molar refractivity (Wildman–Crippen MR) is 367 cm³/mol. The number of aliphatic hydroxyl groups excluding tert-OH is 2.